The smallest absolute Gasteiger partial charge is 0.410 e. The first-order valence-corrected chi connectivity index (χ1v) is 11.8. The highest BCUT2D eigenvalue weighted by molar-refractivity contribution is 5.71. The largest absolute Gasteiger partial charge is 0.444 e. The molecule has 2 aliphatic rings. The third-order valence-corrected chi connectivity index (χ3v) is 6.17. The van der Waals surface area contributed by atoms with Crippen LogP contribution in [0, 0.1) is 0 Å². The third-order valence-electron chi connectivity index (χ3n) is 6.17. The number of aliphatic hydroxyl groups is 1. The SMILES string of the molecule is CC(C)(C)OC(=O)N1CC(O)(c2cc(C3CC3)cn3cc(CNc4ccnc(NC=O)c4)nc23)C1. The molecule has 0 spiro atoms. The van der Waals surface area contributed by atoms with Crippen molar-refractivity contribution >= 4 is 29.7 Å². The summed E-state index contributed by atoms with van der Waals surface area (Å²) in [5.41, 5.74) is 2.41. The van der Waals surface area contributed by atoms with Gasteiger partial charge in [-0.15, -0.1) is 0 Å². The van der Waals surface area contributed by atoms with Gasteiger partial charge in [0.25, 0.3) is 0 Å². The molecule has 3 aromatic rings. The molecule has 0 unspecified atom stereocenters. The highest BCUT2D eigenvalue weighted by Gasteiger charge is 2.48. The minimum atomic E-state index is -1.18. The van der Waals surface area contributed by atoms with E-state index in [-0.39, 0.29) is 13.1 Å². The van der Waals surface area contributed by atoms with Crippen molar-refractivity contribution in [3.63, 3.8) is 0 Å². The van der Waals surface area contributed by atoms with Crippen molar-refractivity contribution in [2.24, 2.45) is 0 Å². The monoisotopic (exact) mass is 478 g/mol. The number of nitrogens with one attached hydrogen (secondary N) is 2. The summed E-state index contributed by atoms with van der Waals surface area (Å²) in [7, 11) is 0. The van der Waals surface area contributed by atoms with E-state index in [1.807, 2.05) is 43.5 Å². The Kier molecular flexibility index (Phi) is 5.63. The first kappa shape index (κ1) is 23.1. The number of nitrogens with zero attached hydrogens (tertiary/aromatic N) is 4. The lowest BCUT2D eigenvalue weighted by atomic mass is 9.86. The van der Waals surface area contributed by atoms with E-state index in [2.05, 4.69) is 21.8 Å². The van der Waals surface area contributed by atoms with Gasteiger partial charge >= 0.3 is 6.09 Å². The van der Waals surface area contributed by atoms with Gasteiger partial charge in [-0.1, -0.05) is 0 Å². The van der Waals surface area contributed by atoms with E-state index in [1.165, 1.54) is 10.5 Å². The van der Waals surface area contributed by atoms with E-state index < -0.39 is 17.3 Å². The Bertz CT molecular complexity index is 1270. The average molecular weight is 479 g/mol. The summed E-state index contributed by atoms with van der Waals surface area (Å²) in [5, 5.41) is 17.3. The Morgan fingerprint density at radius 1 is 1.29 bits per heavy atom. The molecule has 5 rings (SSSR count). The van der Waals surface area contributed by atoms with Gasteiger partial charge in [0, 0.05) is 35.9 Å². The number of carbonyl (C=O) groups excluding carboxylic acids is 2. The number of hydrogen-bond acceptors (Lipinski definition) is 7. The molecular formula is C25H30N6O4. The van der Waals surface area contributed by atoms with Gasteiger partial charge < -0.3 is 29.8 Å². The number of amides is 2. The highest BCUT2D eigenvalue weighted by atomic mass is 16.6. The zero-order chi connectivity index (χ0) is 24.8. The Morgan fingerprint density at radius 2 is 2.06 bits per heavy atom. The third kappa shape index (κ3) is 4.93. The van der Waals surface area contributed by atoms with Gasteiger partial charge in [0.1, 0.15) is 22.7 Å². The Labute approximate surface area is 203 Å². The fraction of sp³-hybridized carbons (Fsp3) is 0.440. The zero-order valence-electron chi connectivity index (χ0n) is 20.1. The molecule has 0 atom stereocenters. The zero-order valence-corrected chi connectivity index (χ0v) is 20.1. The van der Waals surface area contributed by atoms with Crippen LogP contribution in [0.3, 0.4) is 0 Å². The average Bonchev–Trinajstić information content (AvgIpc) is 3.53. The van der Waals surface area contributed by atoms with Crippen molar-refractivity contribution in [3.8, 4) is 0 Å². The molecule has 1 aliphatic carbocycles. The van der Waals surface area contributed by atoms with E-state index in [9.17, 15) is 14.7 Å². The number of likely N-dealkylation sites (tertiary alicyclic amines) is 1. The number of imidazole rings is 1. The lowest BCUT2D eigenvalue weighted by Gasteiger charge is -2.46. The van der Waals surface area contributed by atoms with Gasteiger partial charge in [-0.25, -0.2) is 14.8 Å². The van der Waals surface area contributed by atoms with Gasteiger partial charge in [-0.3, -0.25) is 4.79 Å². The van der Waals surface area contributed by atoms with E-state index in [4.69, 9.17) is 9.72 Å². The van der Waals surface area contributed by atoms with E-state index in [1.54, 1.807) is 12.3 Å². The number of rotatable bonds is 7. The van der Waals surface area contributed by atoms with Gasteiger partial charge in [-0.05, 0) is 57.2 Å². The second kappa shape index (κ2) is 8.53. The topological polar surface area (TPSA) is 121 Å². The van der Waals surface area contributed by atoms with Crippen molar-refractivity contribution in [3.05, 3.63) is 53.6 Å². The molecule has 0 aromatic carbocycles. The summed E-state index contributed by atoms with van der Waals surface area (Å²) in [6.07, 6.45) is 8.08. The maximum absolute atomic E-state index is 12.4. The molecule has 10 nitrogen and oxygen atoms in total. The molecule has 1 aliphatic heterocycles. The van der Waals surface area contributed by atoms with Crippen LogP contribution in [0.25, 0.3) is 5.65 Å². The molecule has 0 radical (unpaired) electrons. The number of hydrogen-bond donors (Lipinski definition) is 3. The molecule has 35 heavy (non-hydrogen) atoms. The molecule has 3 aromatic heterocycles. The van der Waals surface area contributed by atoms with Crippen LogP contribution in [0.2, 0.25) is 0 Å². The number of fused-ring (bicyclic) bond motifs is 1. The van der Waals surface area contributed by atoms with Crippen molar-refractivity contribution < 1.29 is 19.4 Å². The van der Waals surface area contributed by atoms with Crippen molar-refractivity contribution in [2.45, 2.75) is 57.3 Å². The predicted molar refractivity (Wildman–Crippen MR) is 130 cm³/mol. The summed E-state index contributed by atoms with van der Waals surface area (Å²) < 4.78 is 7.42. The predicted octanol–water partition coefficient (Wildman–Crippen LogP) is 3.23. The molecule has 4 heterocycles. The minimum Gasteiger partial charge on any atom is -0.444 e. The van der Waals surface area contributed by atoms with Gasteiger partial charge in [0.05, 0.1) is 25.3 Å². The second-order valence-electron chi connectivity index (χ2n) is 10.3. The summed E-state index contributed by atoms with van der Waals surface area (Å²) in [6.45, 7) is 6.25. The van der Waals surface area contributed by atoms with E-state index >= 15 is 0 Å². The lowest BCUT2D eigenvalue weighted by molar-refractivity contribution is -0.105. The Hall–Kier alpha value is -3.66. The number of anilines is 2. The maximum Gasteiger partial charge on any atom is 0.410 e. The first-order valence-electron chi connectivity index (χ1n) is 11.8. The molecule has 2 amide bonds. The number of carbonyl (C=O) groups is 2. The summed E-state index contributed by atoms with van der Waals surface area (Å²) in [6, 6.07) is 5.60. The number of ether oxygens (including phenoxy) is 1. The van der Waals surface area contributed by atoms with Gasteiger partial charge in [0.15, 0.2) is 0 Å². The summed E-state index contributed by atoms with van der Waals surface area (Å²) in [5.74, 6) is 0.950. The molecule has 0 bridgehead atoms. The molecule has 2 fully saturated rings. The highest BCUT2D eigenvalue weighted by Crippen LogP contribution is 2.43. The molecule has 184 valence electrons. The first-order chi connectivity index (χ1) is 16.6. The Morgan fingerprint density at radius 3 is 2.74 bits per heavy atom. The summed E-state index contributed by atoms with van der Waals surface area (Å²) in [4.78, 5) is 33.5. The van der Waals surface area contributed by atoms with Crippen molar-refractivity contribution in [1.29, 1.82) is 0 Å². The number of aromatic nitrogens is 3. The number of pyridine rings is 2. The van der Waals surface area contributed by atoms with Crippen LogP contribution < -0.4 is 10.6 Å². The van der Waals surface area contributed by atoms with Crippen LogP contribution in [0.5, 0.6) is 0 Å². The second-order valence-corrected chi connectivity index (χ2v) is 10.3. The number of β-amino-alcohol motifs (C(OH)–C–C–N with tert-alkyl or cyclic N) is 1. The molecule has 1 saturated heterocycles. The van der Waals surface area contributed by atoms with Crippen LogP contribution in [0.1, 0.15) is 56.4 Å². The Balaban J connectivity index is 1.38. The van der Waals surface area contributed by atoms with Crippen molar-refractivity contribution in [1.82, 2.24) is 19.3 Å². The molecule has 10 heteroatoms. The molecular weight excluding hydrogens is 448 g/mol. The van der Waals surface area contributed by atoms with Crippen LogP contribution in [-0.2, 0) is 21.7 Å². The lowest BCUT2D eigenvalue weighted by Crippen LogP contribution is -2.62. The fourth-order valence-corrected chi connectivity index (χ4v) is 4.32. The van der Waals surface area contributed by atoms with E-state index in [0.717, 1.165) is 29.8 Å². The van der Waals surface area contributed by atoms with Crippen LogP contribution in [-0.4, -0.2) is 55.6 Å². The van der Waals surface area contributed by atoms with Crippen LogP contribution in [0.4, 0.5) is 16.3 Å². The molecule has 3 N–H and O–H groups in total. The normalized spacial score (nSPS) is 17.1. The van der Waals surface area contributed by atoms with Gasteiger partial charge in [-0.2, -0.15) is 0 Å². The van der Waals surface area contributed by atoms with E-state index in [0.29, 0.717) is 30.3 Å². The minimum absolute atomic E-state index is 0.162. The standard InChI is InChI=1S/C25H30N6O4/c1-24(2,3)35-23(33)31-13-25(34,14-31)20-8-17(16-4-5-16)11-30-12-19(29-22(20)30)10-27-18-6-7-26-21(9-18)28-15-32/h6-9,11-12,15-16,34H,4-5,10,13-14H2,1-3H3,(H2,26,27,28,32). The molecule has 1 saturated carbocycles. The quantitative estimate of drug-likeness (QED) is 0.446. The maximum atomic E-state index is 12.4. The van der Waals surface area contributed by atoms with Crippen LogP contribution >= 0.6 is 0 Å². The van der Waals surface area contributed by atoms with Gasteiger partial charge in [0.2, 0.25) is 6.41 Å². The van der Waals surface area contributed by atoms with Crippen molar-refractivity contribution in [2.75, 3.05) is 23.7 Å². The summed E-state index contributed by atoms with van der Waals surface area (Å²) >= 11 is 0. The fourth-order valence-electron chi connectivity index (χ4n) is 4.32. The van der Waals surface area contributed by atoms with Crippen LogP contribution in [0.15, 0.2) is 36.8 Å².